The average molecular weight is 306 g/mol. The summed E-state index contributed by atoms with van der Waals surface area (Å²) in [5, 5.41) is 14.6. The van der Waals surface area contributed by atoms with Crippen molar-refractivity contribution in [1.29, 1.82) is 5.26 Å². The Morgan fingerprint density at radius 1 is 1.50 bits per heavy atom. The number of aliphatic imine (C=N–C) groups is 2. The molecule has 0 radical (unpaired) electrons. The number of nitrogens with zero attached hydrogens (tertiary/aromatic N) is 4. The van der Waals surface area contributed by atoms with E-state index < -0.39 is 19.0 Å². The number of nitriles is 1. The molecule has 0 saturated carbocycles. The highest BCUT2D eigenvalue weighted by Gasteiger charge is 2.32. The summed E-state index contributed by atoms with van der Waals surface area (Å²) in [6.07, 6.45) is 1.60. The molecule has 2 N–H and O–H groups in total. The van der Waals surface area contributed by atoms with E-state index in [0.29, 0.717) is 16.9 Å². The molecule has 0 spiro atoms. The Balaban J connectivity index is 2.14. The molecule has 1 aliphatic rings. The zero-order chi connectivity index (χ0) is 16.2. The summed E-state index contributed by atoms with van der Waals surface area (Å²) in [7, 11) is 3.66. The van der Waals surface area contributed by atoms with Gasteiger partial charge < -0.3 is 15.5 Å². The third-order valence-corrected chi connectivity index (χ3v) is 2.79. The molecule has 1 heterocycles. The molecule has 1 aromatic rings. The van der Waals surface area contributed by atoms with Crippen LogP contribution in [-0.2, 0) is 0 Å². The van der Waals surface area contributed by atoms with E-state index in [0.717, 1.165) is 0 Å². The van der Waals surface area contributed by atoms with Crippen LogP contribution in [0.1, 0.15) is 5.56 Å². The number of guanidine groups is 1. The maximum Gasteiger partial charge on any atom is 0.284 e. The van der Waals surface area contributed by atoms with Crippen LogP contribution in [0.15, 0.2) is 28.2 Å². The van der Waals surface area contributed by atoms with Crippen molar-refractivity contribution in [3.63, 3.8) is 0 Å². The fraction of sp³-hybridized carbons (Fsp3) is 0.357. The lowest BCUT2D eigenvalue weighted by Crippen LogP contribution is -2.46. The van der Waals surface area contributed by atoms with Gasteiger partial charge in [0.05, 0.1) is 24.1 Å². The van der Waals surface area contributed by atoms with Crippen LogP contribution in [-0.4, -0.2) is 50.3 Å². The normalized spacial score (nSPS) is 16.6. The molecule has 1 aliphatic heterocycles. The second-order valence-corrected chi connectivity index (χ2v) is 5.05. The minimum atomic E-state index is -2.83. The van der Waals surface area contributed by atoms with Crippen LogP contribution in [0, 0.1) is 11.3 Å². The van der Waals surface area contributed by atoms with E-state index in [1.807, 2.05) is 14.1 Å². The number of benzene rings is 1. The van der Waals surface area contributed by atoms with Crippen molar-refractivity contribution in [2.24, 2.45) is 9.98 Å². The number of nitrogens with one attached hydrogen (secondary N) is 2. The van der Waals surface area contributed by atoms with Crippen LogP contribution < -0.4 is 10.6 Å². The van der Waals surface area contributed by atoms with E-state index in [1.54, 1.807) is 29.4 Å². The van der Waals surface area contributed by atoms with Gasteiger partial charge in [-0.25, -0.2) is 18.8 Å². The number of hydrogen-bond acceptors (Lipinski definition) is 5. The Labute approximate surface area is 127 Å². The van der Waals surface area contributed by atoms with E-state index in [2.05, 4.69) is 26.7 Å². The van der Waals surface area contributed by atoms with Crippen LogP contribution in [0.5, 0.6) is 0 Å². The van der Waals surface area contributed by atoms with Gasteiger partial charge in [-0.15, -0.1) is 0 Å². The van der Waals surface area contributed by atoms with E-state index in [-0.39, 0.29) is 5.96 Å². The van der Waals surface area contributed by atoms with Gasteiger partial charge in [0.1, 0.15) is 12.6 Å². The second-order valence-electron chi connectivity index (χ2n) is 5.05. The highest BCUT2D eigenvalue weighted by Crippen LogP contribution is 2.23. The van der Waals surface area contributed by atoms with Crippen LogP contribution in [0.2, 0.25) is 0 Å². The van der Waals surface area contributed by atoms with Gasteiger partial charge in [-0.05, 0) is 18.2 Å². The largest absolute Gasteiger partial charge is 0.369 e. The van der Waals surface area contributed by atoms with Crippen molar-refractivity contribution in [3.05, 3.63) is 23.8 Å². The van der Waals surface area contributed by atoms with Gasteiger partial charge in [0.15, 0.2) is 5.96 Å². The Hall–Kier alpha value is -2.69. The SMILES string of the molecule is CN(C)/C=N/c1ccc(NC2=NCC(F)(F)CN2)cc1C#N. The van der Waals surface area contributed by atoms with Gasteiger partial charge >= 0.3 is 0 Å². The molecule has 22 heavy (non-hydrogen) atoms. The zero-order valence-corrected chi connectivity index (χ0v) is 12.3. The van der Waals surface area contributed by atoms with Gasteiger partial charge in [0, 0.05) is 19.8 Å². The molecule has 0 aromatic heterocycles. The van der Waals surface area contributed by atoms with Crippen molar-refractivity contribution in [1.82, 2.24) is 10.2 Å². The first-order valence-electron chi connectivity index (χ1n) is 6.57. The first-order valence-corrected chi connectivity index (χ1v) is 6.57. The molecule has 2 rings (SSSR count). The summed E-state index contributed by atoms with van der Waals surface area (Å²) >= 11 is 0. The fourth-order valence-electron chi connectivity index (χ4n) is 1.73. The van der Waals surface area contributed by atoms with Crippen LogP contribution >= 0.6 is 0 Å². The molecule has 6 nitrogen and oxygen atoms in total. The predicted molar refractivity (Wildman–Crippen MR) is 81.9 cm³/mol. The lowest BCUT2D eigenvalue weighted by Gasteiger charge is -2.23. The Kier molecular flexibility index (Phi) is 4.56. The van der Waals surface area contributed by atoms with Gasteiger partial charge in [0.25, 0.3) is 5.92 Å². The van der Waals surface area contributed by atoms with Crippen molar-refractivity contribution >= 4 is 23.7 Å². The van der Waals surface area contributed by atoms with Crippen LogP contribution in [0.3, 0.4) is 0 Å². The molecule has 0 bridgehead atoms. The molecule has 0 saturated heterocycles. The molecule has 0 fully saturated rings. The maximum absolute atomic E-state index is 13.0. The fourth-order valence-corrected chi connectivity index (χ4v) is 1.73. The monoisotopic (exact) mass is 306 g/mol. The Morgan fingerprint density at radius 3 is 2.86 bits per heavy atom. The molecule has 0 amide bonds. The van der Waals surface area contributed by atoms with Crippen molar-refractivity contribution in [3.8, 4) is 6.07 Å². The third kappa shape index (κ3) is 4.15. The topological polar surface area (TPSA) is 75.8 Å². The molecule has 0 unspecified atom stereocenters. The molecule has 8 heteroatoms. The molecular formula is C14H16F2N6. The van der Waals surface area contributed by atoms with Gasteiger partial charge in [-0.2, -0.15) is 5.26 Å². The standard InChI is InChI=1S/C14H16F2N6/c1-22(2)9-20-12-4-3-11(5-10(12)6-17)21-13-18-7-14(15,16)8-19-13/h3-5,9H,7-8H2,1-2H3,(H2,18,19,21)/b20-9+. The van der Waals surface area contributed by atoms with Crippen molar-refractivity contribution in [2.45, 2.75) is 5.92 Å². The quantitative estimate of drug-likeness (QED) is 0.659. The summed E-state index contributed by atoms with van der Waals surface area (Å²) in [5.74, 6) is -2.56. The first-order chi connectivity index (χ1) is 10.4. The number of halogens is 2. The highest BCUT2D eigenvalue weighted by atomic mass is 19.3. The smallest absolute Gasteiger partial charge is 0.284 e. The number of hydrogen-bond donors (Lipinski definition) is 2. The highest BCUT2D eigenvalue weighted by molar-refractivity contribution is 5.94. The Bertz CT molecular complexity index is 645. The van der Waals surface area contributed by atoms with Gasteiger partial charge in [-0.3, -0.25) is 0 Å². The molecule has 0 atom stereocenters. The predicted octanol–water partition coefficient (Wildman–Crippen LogP) is 1.79. The average Bonchev–Trinajstić information content (AvgIpc) is 2.47. The Morgan fingerprint density at radius 2 is 2.27 bits per heavy atom. The van der Waals surface area contributed by atoms with Crippen molar-refractivity contribution in [2.75, 3.05) is 32.5 Å². The lowest BCUT2D eigenvalue weighted by molar-refractivity contribution is 0.0126. The summed E-state index contributed by atoms with van der Waals surface area (Å²) in [4.78, 5) is 9.69. The molecule has 0 aliphatic carbocycles. The zero-order valence-electron chi connectivity index (χ0n) is 12.3. The number of rotatable bonds is 3. The van der Waals surface area contributed by atoms with Crippen LogP contribution in [0.4, 0.5) is 20.2 Å². The van der Waals surface area contributed by atoms with E-state index >= 15 is 0 Å². The summed E-state index contributed by atoms with van der Waals surface area (Å²) in [5.41, 5.74) is 1.49. The summed E-state index contributed by atoms with van der Waals surface area (Å²) in [6.45, 7) is -1.02. The molecule has 116 valence electrons. The number of alkyl halides is 2. The number of anilines is 1. The summed E-state index contributed by atoms with van der Waals surface area (Å²) in [6, 6.07) is 7.04. The van der Waals surface area contributed by atoms with E-state index in [9.17, 15) is 14.0 Å². The minimum absolute atomic E-state index is 0.263. The third-order valence-electron chi connectivity index (χ3n) is 2.79. The maximum atomic E-state index is 13.0. The van der Waals surface area contributed by atoms with Crippen molar-refractivity contribution < 1.29 is 8.78 Å². The lowest BCUT2D eigenvalue weighted by atomic mass is 10.1. The van der Waals surface area contributed by atoms with Gasteiger partial charge in [-0.1, -0.05) is 0 Å². The van der Waals surface area contributed by atoms with Gasteiger partial charge in [0.2, 0.25) is 0 Å². The van der Waals surface area contributed by atoms with Crippen LogP contribution in [0.25, 0.3) is 0 Å². The van der Waals surface area contributed by atoms with E-state index in [1.165, 1.54) is 0 Å². The first kappa shape index (κ1) is 15.7. The summed E-state index contributed by atoms with van der Waals surface area (Å²) < 4.78 is 26.0. The second kappa shape index (κ2) is 6.39. The minimum Gasteiger partial charge on any atom is -0.369 e. The molecular weight excluding hydrogens is 290 g/mol. The van der Waals surface area contributed by atoms with E-state index in [4.69, 9.17) is 0 Å². The molecule has 1 aromatic carbocycles.